The standard InChI is InChI=1S/C18H21FN2O2S/c1-2-15(17-7-4-8-24-17)20-18(23)21-11-14(22)10-16(21)12-5-3-6-13(19)9-12/h3-9,14-16,22H,2,10-11H2,1H3,(H,20,23)/t14-,15-,16-/m0/s1. The number of amides is 2. The van der Waals surface area contributed by atoms with Crippen LogP contribution in [0, 0.1) is 5.82 Å². The number of hydrogen-bond donors (Lipinski definition) is 2. The maximum atomic E-state index is 13.5. The monoisotopic (exact) mass is 348 g/mol. The number of nitrogens with one attached hydrogen (secondary N) is 1. The number of carbonyl (C=O) groups is 1. The van der Waals surface area contributed by atoms with Gasteiger partial charge in [-0.15, -0.1) is 11.3 Å². The van der Waals surface area contributed by atoms with E-state index in [0.717, 1.165) is 11.3 Å². The summed E-state index contributed by atoms with van der Waals surface area (Å²) in [6.45, 7) is 2.28. The summed E-state index contributed by atoms with van der Waals surface area (Å²) in [7, 11) is 0. The highest BCUT2D eigenvalue weighted by molar-refractivity contribution is 7.10. The minimum Gasteiger partial charge on any atom is -0.391 e. The number of aliphatic hydroxyl groups is 1. The van der Waals surface area contributed by atoms with Crippen molar-refractivity contribution in [2.45, 2.75) is 38.0 Å². The third-order valence-corrected chi connectivity index (χ3v) is 5.35. The summed E-state index contributed by atoms with van der Waals surface area (Å²) < 4.78 is 13.5. The molecule has 0 spiro atoms. The highest BCUT2D eigenvalue weighted by Crippen LogP contribution is 2.33. The van der Waals surface area contributed by atoms with E-state index < -0.39 is 6.10 Å². The third-order valence-electron chi connectivity index (χ3n) is 4.37. The van der Waals surface area contributed by atoms with Crippen molar-refractivity contribution in [2.24, 2.45) is 0 Å². The van der Waals surface area contributed by atoms with Gasteiger partial charge in [0.2, 0.25) is 0 Å². The maximum Gasteiger partial charge on any atom is 0.318 e. The van der Waals surface area contributed by atoms with Crippen molar-refractivity contribution in [3.05, 3.63) is 58.0 Å². The van der Waals surface area contributed by atoms with Crippen LogP contribution in [0.25, 0.3) is 0 Å². The van der Waals surface area contributed by atoms with Crippen molar-refractivity contribution in [2.75, 3.05) is 6.54 Å². The molecule has 2 aromatic rings. The van der Waals surface area contributed by atoms with Gasteiger partial charge in [0.1, 0.15) is 5.82 Å². The van der Waals surface area contributed by atoms with Crippen LogP contribution in [0.1, 0.15) is 42.3 Å². The fourth-order valence-electron chi connectivity index (χ4n) is 3.16. The maximum absolute atomic E-state index is 13.5. The Balaban J connectivity index is 1.77. The Morgan fingerprint density at radius 3 is 2.96 bits per heavy atom. The molecule has 0 unspecified atom stereocenters. The van der Waals surface area contributed by atoms with E-state index in [-0.39, 0.29) is 30.5 Å². The Bertz CT molecular complexity index is 692. The topological polar surface area (TPSA) is 52.6 Å². The number of urea groups is 1. The second-order valence-corrected chi connectivity index (χ2v) is 7.02. The Morgan fingerprint density at radius 1 is 1.46 bits per heavy atom. The first kappa shape index (κ1) is 16.9. The molecule has 6 heteroatoms. The zero-order chi connectivity index (χ0) is 17.1. The second kappa shape index (κ2) is 7.32. The molecule has 2 N–H and O–H groups in total. The van der Waals surface area contributed by atoms with Crippen molar-refractivity contribution in [1.82, 2.24) is 10.2 Å². The number of hydrogen-bond acceptors (Lipinski definition) is 3. The third kappa shape index (κ3) is 3.60. The summed E-state index contributed by atoms with van der Waals surface area (Å²) in [6, 6.07) is 9.62. The highest BCUT2D eigenvalue weighted by atomic mass is 32.1. The number of aliphatic hydroxyl groups excluding tert-OH is 1. The smallest absolute Gasteiger partial charge is 0.318 e. The zero-order valence-electron chi connectivity index (χ0n) is 13.5. The van der Waals surface area contributed by atoms with E-state index in [9.17, 15) is 14.3 Å². The summed E-state index contributed by atoms with van der Waals surface area (Å²) >= 11 is 1.61. The molecule has 1 fully saturated rings. The number of thiophene rings is 1. The number of β-amino-alcohol motifs (C(OH)–C–C–N with tert-alkyl or cyclic N) is 1. The number of carbonyl (C=O) groups excluding carboxylic acids is 1. The molecule has 0 saturated carbocycles. The van der Waals surface area contributed by atoms with E-state index in [0.29, 0.717) is 12.0 Å². The molecule has 3 rings (SSSR count). The van der Waals surface area contributed by atoms with E-state index in [1.165, 1.54) is 12.1 Å². The van der Waals surface area contributed by atoms with Crippen LogP contribution in [0.5, 0.6) is 0 Å². The predicted octanol–water partition coefficient (Wildman–Crippen LogP) is 3.86. The minimum atomic E-state index is -0.592. The van der Waals surface area contributed by atoms with Crippen LogP contribution in [0.4, 0.5) is 9.18 Å². The predicted molar refractivity (Wildman–Crippen MR) is 92.4 cm³/mol. The minimum absolute atomic E-state index is 0.0524. The number of rotatable bonds is 4. The van der Waals surface area contributed by atoms with Gasteiger partial charge in [0.15, 0.2) is 0 Å². The van der Waals surface area contributed by atoms with Crippen molar-refractivity contribution in [1.29, 1.82) is 0 Å². The van der Waals surface area contributed by atoms with Crippen LogP contribution >= 0.6 is 11.3 Å². The molecule has 1 aromatic carbocycles. The van der Waals surface area contributed by atoms with Crippen molar-refractivity contribution in [3.63, 3.8) is 0 Å². The molecule has 0 aliphatic carbocycles. The molecule has 128 valence electrons. The fraction of sp³-hybridized carbons (Fsp3) is 0.389. The van der Waals surface area contributed by atoms with Crippen LogP contribution in [0.2, 0.25) is 0 Å². The lowest BCUT2D eigenvalue weighted by molar-refractivity contribution is 0.167. The molecule has 1 aromatic heterocycles. The number of halogens is 1. The van der Waals surface area contributed by atoms with Gasteiger partial charge in [0.05, 0.1) is 18.2 Å². The van der Waals surface area contributed by atoms with E-state index in [2.05, 4.69) is 5.32 Å². The van der Waals surface area contributed by atoms with Crippen LogP contribution in [-0.2, 0) is 0 Å². The van der Waals surface area contributed by atoms with Crippen molar-refractivity contribution in [3.8, 4) is 0 Å². The summed E-state index contributed by atoms with van der Waals surface area (Å²) in [5.41, 5.74) is 0.714. The van der Waals surface area contributed by atoms with Crippen LogP contribution < -0.4 is 5.32 Å². The first-order valence-electron chi connectivity index (χ1n) is 8.12. The molecule has 0 radical (unpaired) electrons. The largest absolute Gasteiger partial charge is 0.391 e. The first-order chi connectivity index (χ1) is 11.6. The lowest BCUT2D eigenvalue weighted by Crippen LogP contribution is -2.41. The SMILES string of the molecule is CC[C@H](NC(=O)N1C[C@@H](O)C[C@H]1c1cccc(F)c1)c1cccs1. The molecule has 2 heterocycles. The van der Waals surface area contributed by atoms with Crippen molar-refractivity contribution >= 4 is 17.4 Å². The van der Waals surface area contributed by atoms with Gasteiger partial charge < -0.3 is 15.3 Å². The van der Waals surface area contributed by atoms with E-state index in [1.807, 2.05) is 24.4 Å². The summed E-state index contributed by atoms with van der Waals surface area (Å²) in [5.74, 6) is -0.334. The fourth-order valence-corrected chi connectivity index (χ4v) is 4.03. The van der Waals surface area contributed by atoms with Gasteiger partial charge in [0, 0.05) is 11.4 Å². The quantitative estimate of drug-likeness (QED) is 0.882. The van der Waals surface area contributed by atoms with Gasteiger partial charge in [-0.3, -0.25) is 0 Å². The molecule has 1 aliphatic rings. The summed E-state index contributed by atoms with van der Waals surface area (Å²) in [4.78, 5) is 15.5. The van der Waals surface area contributed by atoms with Crippen LogP contribution in [0.3, 0.4) is 0 Å². The summed E-state index contributed by atoms with van der Waals surface area (Å²) in [6.07, 6.45) is 0.616. The average molecular weight is 348 g/mol. The second-order valence-electron chi connectivity index (χ2n) is 6.04. The van der Waals surface area contributed by atoms with Gasteiger partial charge in [-0.1, -0.05) is 25.1 Å². The summed E-state index contributed by atoms with van der Waals surface area (Å²) in [5, 5.41) is 15.0. The van der Waals surface area contributed by atoms with Gasteiger partial charge in [0.25, 0.3) is 0 Å². The molecule has 3 atom stereocenters. The Morgan fingerprint density at radius 2 is 2.29 bits per heavy atom. The van der Waals surface area contributed by atoms with Gasteiger partial charge in [-0.05, 0) is 42.0 Å². The molecule has 1 aliphatic heterocycles. The van der Waals surface area contributed by atoms with Crippen molar-refractivity contribution < 1.29 is 14.3 Å². The molecule has 1 saturated heterocycles. The normalized spacial score (nSPS) is 21.7. The van der Waals surface area contributed by atoms with Gasteiger partial charge >= 0.3 is 6.03 Å². The molecule has 4 nitrogen and oxygen atoms in total. The molecule has 2 amide bonds. The van der Waals surface area contributed by atoms with Gasteiger partial charge in [-0.25, -0.2) is 9.18 Å². The van der Waals surface area contributed by atoms with E-state index in [4.69, 9.17) is 0 Å². The molecule has 0 bridgehead atoms. The van der Waals surface area contributed by atoms with E-state index >= 15 is 0 Å². The van der Waals surface area contributed by atoms with Crippen LogP contribution in [0.15, 0.2) is 41.8 Å². The van der Waals surface area contributed by atoms with E-state index in [1.54, 1.807) is 28.4 Å². The van der Waals surface area contributed by atoms with Crippen LogP contribution in [-0.4, -0.2) is 28.7 Å². The Labute approximate surface area is 144 Å². The molecular weight excluding hydrogens is 327 g/mol. The lowest BCUT2D eigenvalue weighted by atomic mass is 10.0. The Hall–Kier alpha value is -1.92. The lowest BCUT2D eigenvalue weighted by Gasteiger charge is -2.27. The molecule has 24 heavy (non-hydrogen) atoms. The first-order valence-corrected chi connectivity index (χ1v) is 9.00. The number of benzene rings is 1. The van der Waals surface area contributed by atoms with Gasteiger partial charge in [-0.2, -0.15) is 0 Å². The number of likely N-dealkylation sites (tertiary alicyclic amines) is 1. The molecular formula is C18H21FN2O2S. The number of nitrogens with zero attached hydrogens (tertiary/aromatic N) is 1. The Kier molecular flexibility index (Phi) is 5.16. The zero-order valence-corrected chi connectivity index (χ0v) is 14.3. The highest BCUT2D eigenvalue weighted by Gasteiger charge is 2.36. The average Bonchev–Trinajstić information content (AvgIpc) is 3.22.